The number of thiophene rings is 1. The number of hydrogen-bond donors (Lipinski definition) is 2. The minimum absolute atomic E-state index is 0.191. The molecule has 0 radical (unpaired) electrons. The average molecular weight is 331 g/mol. The third-order valence-electron chi connectivity index (χ3n) is 3.76. The van der Waals surface area contributed by atoms with Crippen LogP contribution in [0.25, 0.3) is 0 Å². The van der Waals surface area contributed by atoms with Crippen molar-refractivity contribution < 1.29 is 9.53 Å². The summed E-state index contributed by atoms with van der Waals surface area (Å²) in [6.45, 7) is 5.18. The van der Waals surface area contributed by atoms with E-state index in [0.717, 1.165) is 36.6 Å². The second-order valence-electron chi connectivity index (χ2n) is 5.61. The van der Waals surface area contributed by atoms with Crippen molar-refractivity contribution in [3.05, 3.63) is 46.7 Å². The fourth-order valence-corrected chi connectivity index (χ4v) is 3.23. The maximum Gasteiger partial charge on any atom is 0.319 e. The number of nitrogens with zero attached hydrogens (tertiary/aromatic N) is 1. The number of anilines is 2. The first-order valence-electron chi connectivity index (χ1n) is 7.73. The lowest BCUT2D eigenvalue weighted by Crippen LogP contribution is -2.41. The fraction of sp³-hybridized carbons (Fsp3) is 0.353. The molecule has 2 amide bonds. The van der Waals surface area contributed by atoms with Gasteiger partial charge in [-0.05, 0) is 53.6 Å². The Morgan fingerprint density at radius 1 is 1.35 bits per heavy atom. The van der Waals surface area contributed by atoms with E-state index in [0.29, 0.717) is 6.54 Å². The Morgan fingerprint density at radius 2 is 2.17 bits per heavy atom. The van der Waals surface area contributed by atoms with Crippen LogP contribution in [0.4, 0.5) is 16.2 Å². The fourth-order valence-electron chi connectivity index (χ4n) is 2.56. The van der Waals surface area contributed by atoms with Crippen LogP contribution in [0.3, 0.4) is 0 Å². The topological polar surface area (TPSA) is 53.6 Å². The first-order chi connectivity index (χ1) is 11.2. The number of amides is 2. The molecule has 2 N–H and O–H groups in total. The zero-order chi connectivity index (χ0) is 16.1. The molecular formula is C17H21N3O2S. The number of ether oxygens (including phenoxy) is 1. The number of urea groups is 1. The molecule has 0 unspecified atom stereocenters. The molecule has 1 atom stereocenters. The van der Waals surface area contributed by atoms with Gasteiger partial charge in [0.25, 0.3) is 0 Å². The highest BCUT2D eigenvalue weighted by molar-refractivity contribution is 7.07. The molecule has 1 aliphatic heterocycles. The molecule has 0 aliphatic carbocycles. The van der Waals surface area contributed by atoms with Gasteiger partial charge in [-0.25, -0.2) is 4.79 Å². The van der Waals surface area contributed by atoms with E-state index in [9.17, 15) is 4.79 Å². The Morgan fingerprint density at radius 3 is 2.87 bits per heavy atom. The van der Waals surface area contributed by atoms with Crippen LogP contribution in [-0.2, 0) is 11.3 Å². The van der Waals surface area contributed by atoms with Crippen molar-refractivity contribution in [2.24, 2.45) is 0 Å². The van der Waals surface area contributed by atoms with Crippen LogP contribution in [0.5, 0.6) is 0 Å². The Labute approximate surface area is 140 Å². The zero-order valence-electron chi connectivity index (χ0n) is 13.1. The molecule has 23 heavy (non-hydrogen) atoms. The number of hydrogen-bond acceptors (Lipinski definition) is 4. The Kier molecular flexibility index (Phi) is 5.15. The van der Waals surface area contributed by atoms with E-state index >= 15 is 0 Å². The van der Waals surface area contributed by atoms with Gasteiger partial charge in [-0.1, -0.05) is 0 Å². The molecule has 1 aliphatic rings. The van der Waals surface area contributed by atoms with Gasteiger partial charge in [-0.2, -0.15) is 11.3 Å². The molecule has 1 fully saturated rings. The smallest absolute Gasteiger partial charge is 0.319 e. The number of carbonyl (C=O) groups is 1. The first-order valence-corrected chi connectivity index (χ1v) is 8.67. The summed E-state index contributed by atoms with van der Waals surface area (Å²) in [6.07, 6.45) is 0.254. The number of morpholine rings is 1. The molecular weight excluding hydrogens is 310 g/mol. The lowest BCUT2D eigenvalue weighted by atomic mass is 10.2. The van der Waals surface area contributed by atoms with Crippen LogP contribution in [0.2, 0.25) is 0 Å². The summed E-state index contributed by atoms with van der Waals surface area (Å²) in [5, 5.41) is 9.73. The zero-order valence-corrected chi connectivity index (χ0v) is 13.9. The van der Waals surface area contributed by atoms with Crippen molar-refractivity contribution in [2.45, 2.75) is 19.6 Å². The monoisotopic (exact) mass is 331 g/mol. The highest BCUT2D eigenvalue weighted by Gasteiger charge is 2.16. The Balaban J connectivity index is 1.51. The van der Waals surface area contributed by atoms with Gasteiger partial charge in [-0.15, -0.1) is 0 Å². The van der Waals surface area contributed by atoms with Gasteiger partial charge in [0.2, 0.25) is 0 Å². The van der Waals surface area contributed by atoms with Crippen LogP contribution in [-0.4, -0.2) is 31.8 Å². The summed E-state index contributed by atoms with van der Waals surface area (Å²) in [7, 11) is 0. The molecule has 1 aromatic carbocycles. The van der Waals surface area contributed by atoms with Crippen LogP contribution < -0.4 is 15.5 Å². The molecule has 3 rings (SSSR count). The van der Waals surface area contributed by atoms with Gasteiger partial charge in [0.05, 0.1) is 12.7 Å². The van der Waals surface area contributed by atoms with E-state index < -0.39 is 0 Å². The largest absolute Gasteiger partial charge is 0.375 e. The summed E-state index contributed by atoms with van der Waals surface area (Å²) in [5.74, 6) is 0. The maximum absolute atomic E-state index is 11.9. The summed E-state index contributed by atoms with van der Waals surface area (Å²) in [6, 6.07) is 9.74. The molecule has 5 nitrogen and oxygen atoms in total. The predicted octanol–water partition coefficient (Wildman–Crippen LogP) is 3.29. The van der Waals surface area contributed by atoms with Gasteiger partial charge in [0.15, 0.2) is 0 Å². The van der Waals surface area contributed by atoms with Gasteiger partial charge in [0, 0.05) is 31.0 Å². The lowest BCUT2D eigenvalue weighted by Gasteiger charge is -2.33. The van der Waals surface area contributed by atoms with E-state index in [1.165, 1.54) is 0 Å². The van der Waals surface area contributed by atoms with Gasteiger partial charge in [-0.3, -0.25) is 0 Å². The third kappa shape index (κ3) is 4.46. The first kappa shape index (κ1) is 15.8. The number of nitrogens with one attached hydrogen (secondary N) is 2. The predicted molar refractivity (Wildman–Crippen MR) is 94.2 cm³/mol. The Bertz CT molecular complexity index is 628. The minimum atomic E-state index is -0.191. The summed E-state index contributed by atoms with van der Waals surface area (Å²) >= 11 is 1.63. The normalized spacial score (nSPS) is 17.8. The molecule has 122 valence electrons. The molecule has 0 bridgehead atoms. The van der Waals surface area contributed by atoms with Gasteiger partial charge in [0.1, 0.15) is 0 Å². The molecule has 1 aromatic heterocycles. The number of carbonyl (C=O) groups excluding carboxylic acids is 1. The number of benzene rings is 1. The summed E-state index contributed by atoms with van der Waals surface area (Å²) < 4.78 is 5.56. The van der Waals surface area contributed by atoms with Crippen LogP contribution in [0.1, 0.15) is 12.5 Å². The van der Waals surface area contributed by atoms with Crippen molar-refractivity contribution in [1.82, 2.24) is 5.32 Å². The maximum atomic E-state index is 11.9. The lowest BCUT2D eigenvalue weighted by molar-refractivity contribution is 0.0532. The molecule has 2 heterocycles. The standard InChI is InChI=1S/C17H21N3O2S/c1-13-11-20(7-8-22-13)16-4-2-15(3-5-16)19-17(21)18-10-14-6-9-23-12-14/h2-6,9,12-13H,7-8,10-11H2,1H3,(H2,18,19,21)/t13-/m1/s1. The average Bonchev–Trinajstić information content (AvgIpc) is 3.07. The van der Waals surface area contributed by atoms with Crippen LogP contribution in [0, 0.1) is 0 Å². The summed E-state index contributed by atoms with van der Waals surface area (Å²) in [5.41, 5.74) is 3.06. The van der Waals surface area contributed by atoms with Crippen molar-refractivity contribution in [3.8, 4) is 0 Å². The number of rotatable bonds is 4. The van der Waals surface area contributed by atoms with E-state index in [1.54, 1.807) is 11.3 Å². The molecule has 0 saturated carbocycles. The summed E-state index contributed by atoms with van der Waals surface area (Å²) in [4.78, 5) is 14.2. The Hall–Kier alpha value is -2.05. The van der Waals surface area contributed by atoms with Crippen molar-refractivity contribution in [3.63, 3.8) is 0 Å². The molecule has 1 saturated heterocycles. The SMILES string of the molecule is C[C@@H]1CN(c2ccc(NC(=O)NCc3ccsc3)cc2)CCO1. The quantitative estimate of drug-likeness (QED) is 0.904. The van der Waals surface area contributed by atoms with Gasteiger partial charge < -0.3 is 20.3 Å². The second kappa shape index (κ2) is 7.48. The second-order valence-corrected chi connectivity index (χ2v) is 6.39. The molecule has 0 spiro atoms. The highest BCUT2D eigenvalue weighted by Crippen LogP contribution is 2.20. The van der Waals surface area contributed by atoms with E-state index in [-0.39, 0.29) is 12.1 Å². The minimum Gasteiger partial charge on any atom is -0.375 e. The van der Waals surface area contributed by atoms with Crippen LogP contribution >= 0.6 is 11.3 Å². The van der Waals surface area contributed by atoms with Crippen LogP contribution in [0.15, 0.2) is 41.1 Å². The molecule has 6 heteroatoms. The molecule has 2 aromatic rings. The van der Waals surface area contributed by atoms with E-state index in [1.807, 2.05) is 41.1 Å². The van der Waals surface area contributed by atoms with E-state index in [4.69, 9.17) is 4.74 Å². The van der Waals surface area contributed by atoms with Crippen molar-refractivity contribution >= 4 is 28.7 Å². The van der Waals surface area contributed by atoms with Crippen molar-refractivity contribution in [2.75, 3.05) is 29.9 Å². The van der Waals surface area contributed by atoms with Crippen molar-refractivity contribution in [1.29, 1.82) is 0 Å². The highest BCUT2D eigenvalue weighted by atomic mass is 32.1. The third-order valence-corrected chi connectivity index (χ3v) is 4.50. The van der Waals surface area contributed by atoms with E-state index in [2.05, 4.69) is 22.5 Å². The van der Waals surface area contributed by atoms with Gasteiger partial charge >= 0.3 is 6.03 Å².